The summed E-state index contributed by atoms with van der Waals surface area (Å²) in [6, 6.07) is 10.6. The summed E-state index contributed by atoms with van der Waals surface area (Å²) in [6.45, 7) is 0.799. The Morgan fingerprint density at radius 3 is 2.86 bits per heavy atom. The first kappa shape index (κ1) is 19.0. The van der Waals surface area contributed by atoms with Crippen molar-refractivity contribution in [3.8, 4) is 0 Å². The monoisotopic (exact) mass is 392 g/mol. The molecule has 7 nitrogen and oxygen atoms in total. The lowest BCUT2D eigenvalue weighted by molar-refractivity contribution is -0.145. The van der Waals surface area contributed by atoms with Crippen LogP contribution in [0.3, 0.4) is 0 Å². The number of rotatable bonds is 6. The van der Waals surface area contributed by atoms with Gasteiger partial charge in [0, 0.05) is 48.1 Å². The Kier molecular flexibility index (Phi) is 5.46. The summed E-state index contributed by atoms with van der Waals surface area (Å²) in [4.78, 5) is 34.8. The van der Waals surface area contributed by atoms with E-state index in [9.17, 15) is 9.59 Å². The van der Waals surface area contributed by atoms with Gasteiger partial charge in [0.2, 0.25) is 5.91 Å². The van der Waals surface area contributed by atoms with E-state index in [1.807, 2.05) is 42.6 Å². The van der Waals surface area contributed by atoms with Gasteiger partial charge in [0.05, 0.1) is 7.11 Å². The van der Waals surface area contributed by atoms with E-state index in [-0.39, 0.29) is 11.9 Å². The van der Waals surface area contributed by atoms with E-state index in [4.69, 9.17) is 4.74 Å². The highest BCUT2D eigenvalue weighted by Gasteiger charge is 2.33. The van der Waals surface area contributed by atoms with Gasteiger partial charge in [-0.1, -0.05) is 18.2 Å². The van der Waals surface area contributed by atoms with Crippen molar-refractivity contribution >= 4 is 28.5 Å². The fraction of sp³-hybridized carbons (Fsp3) is 0.318. The molecule has 2 atom stereocenters. The fourth-order valence-corrected chi connectivity index (χ4v) is 4.01. The molecule has 1 amide bonds. The first-order valence-electron chi connectivity index (χ1n) is 9.77. The molecule has 0 saturated carbocycles. The van der Waals surface area contributed by atoms with E-state index in [0.29, 0.717) is 6.42 Å². The molecule has 3 aromatic rings. The van der Waals surface area contributed by atoms with E-state index >= 15 is 0 Å². The molecule has 4 rings (SSSR count). The second-order valence-electron chi connectivity index (χ2n) is 7.20. The number of ether oxygens (including phenoxy) is 1. The van der Waals surface area contributed by atoms with Gasteiger partial charge in [0.25, 0.3) is 0 Å². The van der Waals surface area contributed by atoms with Crippen molar-refractivity contribution in [2.45, 2.75) is 31.3 Å². The molecule has 29 heavy (non-hydrogen) atoms. The number of carbonyl (C=O) groups is 2. The van der Waals surface area contributed by atoms with Crippen LogP contribution in [-0.2, 0) is 20.7 Å². The maximum atomic E-state index is 13.1. The number of nitrogens with one attached hydrogen (secondary N) is 2. The highest BCUT2D eigenvalue weighted by atomic mass is 16.5. The van der Waals surface area contributed by atoms with E-state index < -0.39 is 12.0 Å². The molecule has 0 unspecified atom stereocenters. The fourth-order valence-electron chi connectivity index (χ4n) is 4.01. The van der Waals surface area contributed by atoms with Crippen molar-refractivity contribution in [1.82, 2.24) is 15.3 Å². The minimum Gasteiger partial charge on any atom is -0.467 e. The summed E-state index contributed by atoms with van der Waals surface area (Å²) in [5, 5.41) is 3.96. The number of hydrogen-bond donors (Lipinski definition) is 2. The highest BCUT2D eigenvalue weighted by molar-refractivity contribution is 5.91. The zero-order valence-electron chi connectivity index (χ0n) is 16.3. The van der Waals surface area contributed by atoms with Gasteiger partial charge in [-0.25, -0.2) is 4.79 Å². The van der Waals surface area contributed by atoms with E-state index in [1.54, 1.807) is 12.4 Å². The number of aromatic nitrogens is 2. The summed E-state index contributed by atoms with van der Waals surface area (Å²) < 4.78 is 4.96. The number of anilines is 1. The number of para-hydroxylation sites is 1. The maximum Gasteiger partial charge on any atom is 0.328 e. The Balaban J connectivity index is 1.52. The summed E-state index contributed by atoms with van der Waals surface area (Å²) in [5.41, 5.74) is 2.93. The SMILES string of the molecule is COC(=O)[C@H](Cc1c[nH]c2ccccc12)NC(=O)[C@@H]1CCCN1c1ccncc1. The second-order valence-corrected chi connectivity index (χ2v) is 7.20. The number of hydrogen-bond acceptors (Lipinski definition) is 5. The third-order valence-corrected chi connectivity index (χ3v) is 5.45. The van der Waals surface area contributed by atoms with Gasteiger partial charge in [0.1, 0.15) is 12.1 Å². The molecular weight excluding hydrogens is 368 g/mol. The predicted octanol–water partition coefficient (Wildman–Crippen LogP) is 2.43. The highest BCUT2D eigenvalue weighted by Crippen LogP contribution is 2.25. The molecule has 1 saturated heterocycles. The number of amides is 1. The van der Waals surface area contributed by atoms with Crippen LogP contribution in [0.2, 0.25) is 0 Å². The molecule has 1 aliphatic heterocycles. The number of nitrogens with zero attached hydrogens (tertiary/aromatic N) is 2. The average Bonchev–Trinajstić information content (AvgIpc) is 3.41. The first-order chi connectivity index (χ1) is 14.2. The smallest absolute Gasteiger partial charge is 0.328 e. The van der Waals surface area contributed by atoms with Crippen LogP contribution in [-0.4, -0.2) is 47.6 Å². The molecule has 1 aliphatic rings. The molecular formula is C22H24N4O3. The van der Waals surface area contributed by atoms with Crippen molar-refractivity contribution in [3.05, 3.63) is 60.6 Å². The van der Waals surface area contributed by atoms with Crippen molar-refractivity contribution in [1.29, 1.82) is 0 Å². The van der Waals surface area contributed by atoms with Crippen molar-refractivity contribution < 1.29 is 14.3 Å². The average molecular weight is 392 g/mol. The molecule has 7 heteroatoms. The quantitative estimate of drug-likeness (QED) is 0.629. The van der Waals surface area contributed by atoms with Gasteiger partial charge in [-0.05, 0) is 36.6 Å². The number of pyridine rings is 1. The Bertz CT molecular complexity index is 1000. The Morgan fingerprint density at radius 2 is 2.07 bits per heavy atom. The molecule has 0 bridgehead atoms. The summed E-state index contributed by atoms with van der Waals surface area (Å²) in [7, 11) is 1.34. The van der Waals surface area contributed by atoms with E-state index in [2.05, 4.69) is 20.2 Å². The van der Waals surface area contributed by atoms with Gasteiger partial charge >= 0.3 is 5.97 Å². The van der Waals surface area contributed by atoms with Crippen LogP contribution in [0.5, 0.6) is 0 Å². The molecule has 3 heterocycles. The number of benzene rings is 1. The topological polar surface area (TPSA) is 87.3 Å². The first-order valence-corrected chi connectivity index (χ1v) is 9.77. The van der Waals surface area contributed by atoms with Crippen LogP contribution in [0.1, 0.15) is 18.4 Å². The number of carbonyl (C=O) groups excluding carboxylic acids is 2. The van der Waals surface area contributed by atoms with Crippen LogP contribution in [0.25, 0.3) is 10.9 Å². The largest absolute Gasteiger partial charge is 0.467 e. The molecule has 0 aliphatic carbocycles. The Hall–Kier alpha value is -3.35. The molecule has 0 radical (unpaired) electrons. The number of aromatic amines is 1. The molecule has 1 aromatic carbocycles. The number of esters is 1. The molecule has 2 aromatic heterocycles. The van der Waals surface area contributed by atoms with Gasteiger partial charge in [0.15, 0.2) is 0 Å². The van der Waals surface area contributed by atoms with Crippen LogP contribution < -0.4 is 10.2 Å². The van der Waals surface area contributed by atoms with Crippen LogP contribution in [0.4, 0.5) is 5.69 Å². The summed E-state index contributed by atoms with van der Waals surface area (Å²) in [5.74, 6) is -0.605. The van der Waals surface area contributed by atoms with Gasteiger partial charge in [-0.2, -0.15) is 0 Å². The molecule has 2 N–H and O–H groups in total. The third-order valence-electron chi connectivity index (χ3n) is 5.45. The van der Waals surface area contributed by atoms with Gasteiger partial charge in [-0.15, -0.1) is 0 Å². The van der Waals surface area contributed by atoms with E-state index in [1.165, 1.54) is 7.11 Å². The number of H-pyrrole nitrogens is 1. The lowest BCUT2D eigenvalue weighted by Gasteiger charge is -2.27. The minimum atomic E-state index is -0.744. The van der Waals surface area contributed by atoms with E-state index in [0.717, 1.165) is 41.5 Å². The van der Waals surface area contributed by atoms with Crippen LogP contribution in [0.15, 0.2) is 55.0 Å². The standard InChI is InChI=1S/C22H24N4O3/c1-29-22(28)19(13-15-14-24-18-6-3-2-5-17(15)18)25-21(27)20-7-4-12-26(20)16-8-10-23-11-9-16/h2-3,5-6,8-11,14,19-20,24H,4,7,12-13H2,1H3,(H,25,27)/t19-,20-/m0/s1. The maximum absolute atomic E-state index is 13.1. The van der Waals surface area contributed by atoms with Crippen LogP contribution >= 0.6 is 0 Å². The number of fused-ring (bicyclic) bond motifs is 1. The van der Waals surface area contributed by atoms with Gasteiger partial charge < -0.3 is 19.9 Å². The number of methoxy groups -OCH3 is 1. The van der Waals surface area contributed by atoms with Gasteiger partial charge in [-0.3, -0.25) is 9.78 Å². The minimum absolute atomic E-state index is 0.158. The third kappa shape index (κ3) is 3.94. The molecule has 150 valence electrons. The zero-order chi connectivity index (χ0) is 20.2. The Labute approximate surface area is 169 Å². The zero-order valence-corrected chi connectivity index (χ0v) is 16.3. The molecule has 0 spiro atoms. The predicted molar refractivity (Wildman–Crippen MR) is 111 cm³/mol. The lowest BCUT2D eigenvalue weighted by atomic mass is 10.0. The van der Waals surface area contributed by atoms with Crippen molar-refractivity contribution in [2.24, 2.45) is 0 Å². The molecule has 1 fully saturated rings. The normalized spacial score (nSPS) is 17.3. The lowest BCUT2D eigenvalue weighted by Crippen LogP contribution is -2.50. The summed E-state index contributed by atoms with van der Waals surface area (Å²) in [6.07, 6.45) is 7.35. The van der Waals surface area contributed by atoms with Crippen molar-refractivity contribution in [2.75, 3.05) is 18.6 Å². The summed E-state index contributed by atoms with van der Waals surface area (Å²) >= 11 is 0. The van der Waals surface area contributed by atoms with Crippen LogP contribution in [0, 0.1) is 0 Å². The second kappa shape index (κ2) is 8.34. The Morgan fingerprint density at radius 1 is 1.28 bits per heavy atom. The van der Waals surface area contributed by atoms with Crippen molar-refractivity contribution in [3.63, 3.8) is 0 Å².